The lowest BCUT2D eigenvalue weighted by atomic mass is 10.2. The minimum Gasteiger partial charge on any atom is -0.497 e. The van der Waals surface area contributed by atoms with Gasteiger partial charge >= 0.3 is 0 Å². The molecule has 0 amide bonds. The number of nitrogens with one attached hydrogen (secondary N) is 1. The second-order valence-corrected chi connectivity index (χ2v) is 3.61. The predicted octanol–water partition coefficient (Wildman–Crippen LogP) is 1.19. The topological polar surface area (TPSA) is 79.9 Å². The van der Waals surface area contributed by atoms with Crippen LogP contribution in [0, 0.1) is 0 Å². The first kappa shape index (κ1) is 13.3. The highest BCUT2D eigenvalue weighted by Crippen LogP contribution is 2.14. The van der Waals surface area contributed by atoms with E-state index in [1.807, 2.05) is 31.2 Å². The SMILES string of the molecule is CC[C@H](CO)N=C(N)Nc1ccc(OC)cc1. The summed E-state index contributed by atoms with van der Waals surface area (Å²) in [7, 11) is 1.62. The lowest BCUT2D eigenvalue weighted by molar-refractivity contribution is 0.264. The van der Waals surface area contributed by atoms with E-state index in [4.69, 9.17) is 15.6 Å². The maximum atomic E-state index is 9.00. The molecule has 0 aliphatic carbocycles. The number of aliphatic hydroxyl groups excluding tert-OH is 1. The maximum absolute atomic E-state index is 9.00. The molecule has 0 radical (unpaired) electrons. The van der Waals surface area contributed by atoms with Gasteiger partial charge in [-0.15, -0.1) is 0 Å². The van der Waals surface area contributed by atoms with Crippen molar-refractivity contribution in [3.05, 3.63) is 24.3 Å². The third-order valence-electron chi connectivity index (χ3n) is 2.37. The lowest BCUT2D eigenvalue weighted by Crippen LogP contribution is -2.26. The Morgan fingerprint density at radius 1 is 1.47 bits per heavy atom. The number of hydrogen-bond acceptors (Lipinski definition) is 3. The van der Waals surface area contributed by atoms with Gasteiger partial charge in [-0.25, -0.2) is 4.99 Å². The molecule has 4 N–H and O–H groups in total. The Kier molecular flexibility index (Phi) is 5.29. The number of aliphatic hydroxyl groups is 1. The van der Waals surface area contributed by atoms with Crippen molar-refractivity contribution in [3.63, 3.8) is 0 Å². The van der Waals surface area contributed by atoms with Crippen LogP contribution >= 0.6 is 0 Å². The molecule has 0 bridgehead atoms. The number of anilines is 1. The molecule has 0 saturated carbocycles. The van der Waals surface area contributed by atoms with E-state index < -0.39 is 0 Å². The van der Waals surface area contributed by atoms with Crippen molar-refractivity contribution in [2.24, 2.45) is 10.7 Å². The summed E-state index contributed by atoms with van der Waals surface area (Å²) in [5.74, 6) is 1.09. The van der Waals surface area contributed by atoms with Gasteiger partial charge in [-0.1, -0.05) is 6.92 Å². The molecule has 0 unspecified atom stereocenters. The molecular weight excluding hydrogens is 218 g/mol. The summed E-state index contributed by atoms with van der Waals surface area (Å²) in [4.78, 5) is 4.15. The summed E-state index contributed by atoms with van der Waals surface area (Å²) in [5.41, 5.74) is 6.56. The average molecular weight is 237 g/mol. The van der Waals surface area contributed by atoms with Crippen LogP contribution in [0.3, 0.4) is 0 Å². The van der Waals surface area contributed by atoms with Gasteiger partial charge in [0.2, 0.25) is 0 Å². The number of nitrogens with two attached hydrogens (primary N) is 1. The van der Waals surface area contributed by atoms with E-state index in [9.17, 15) is 0 Å². The van der Waals surface area contributed by atoms with Gasteiger partial charge in [0, 0.05) is 5.69 Å². The Balaban J connectivity index is 2.63. The van der Waals surface area contributed by atoms with Crippen LogP contribution in [0.5, 0.6) is 5.75 Å². The fourth-order valence-electron chi connectivity index (χ4n) is 1.31. The maximum Gasteiger partial charge on any atom is 0.193 e. The number of aliphatic imine (C=N–C) groups is 1. The highest BCUT2D eigenvalue weighted by molar-refractivity contribution is 5.92. The number of nitrogens with zero attached hydrogens (tertiary/aromatic N) is 1. The smallest absolute Gasteiger partial charge is 0.193 e. The van der Waals surface area contributed by atoms with Crippen LogP contribution in [0.4, 0.5) is 5.69 Å². The molecular formula is C12H19N3O2. The minimum atomic E-state index is -0.152. The number of guanidine groups is 1. The molecule has 0 spiro atoms. The number of hydrogen-bond donors (Lipinski definition) is 3. The Hall–Kier alpha value is -1.75. The van der Waals surface area contributed by atoms with Crippen molar-refractivity contribution in [1.29, 1.82) is 0 Å². The predicted molar refractivity (Wildman–Crippen MR) is 69.4 cm³/mol. The summed E-state index contributed by atoms with van der Waals surface area (Å²) in [6.07, 6.45) is 0.751. The van der Waals surface area contributed by atoms with E-state index in [0.717, 1.165) is 17.9 Å². The molecule has 1 rings (SSSR count). The van der Waals surface area contributed by atoms with Gasteiger partial charge in [0.25, 0.3) is 0 Å². The van der Waals surface area contributed by atoms with Crippen LogP contribution in [0.25, 0.3) is 0 Å². The van der Waals surface area contributed by atoms with Gasteiger partial charge < -0.3 is 20.9 Å². The van der Waals surface area contributed by atoms with E-state index in [1.165, 1.54) is 0 Å². The van der Waals surface area contributed by atoms with Crippen LogP contribution in [0.2, 0.25) is 0 Å². The second kappa shape index (κ2) is 6.75. The third-order valence-corrected chi connectivity index (χ3v) is 2.37. The van der Waals surface area contributed by atoms with E-state index >= 15 is 0 Å². The molecule has 0 saturated heterocycles. The monoisotopic (exact) mass is 237 g/mol. The zero-order valence-electron chi connectivity index (χ0n) is 10.2. The molecule has 0 aliphatic heterocycles. The summed E-state index contributed by atoms with van der Waals surface area (Å²) in [6.45, 7) is 1.95. The second-order valence-electron chi connectivity index (χ2n) is 3.61. The molecule has 1 atom stereocenters. The summed E-state index contributed by atoms with van der Waals surface area (Å²) in [5, 5.41) is 12.0. The molecule has 0 heterocycles. The van der Waals surface area contributed by atoms with Gasteiger partial charge in [0.15, 0.2) is 5.96 Å². The van der Waals surface area contributed by atoms with Crippen molar-refractivity contribution < 1.29 is 9.84 Å². The van der Waals surface area contributed by atoms with Crippen molar-refractivity contribution in [3.8, 4) is 5.75 Å². The van der Waals surface area contributed by atoms with Crippen molar-refractivity contribution in [2.45, 2.75) is 19.4 Å². The highest BCUT2D eigenvalue weighted by atomic mass is 16.5. The van der Waals surface area contributed by atoms with Crippen molar-refractivity contribution >= 4 is 11.6 Å². The van der Waals surface area contributed by atoms with Crippen LogP contribution < -0.4 is 15.8 Å². The number of methoxy groups -OCH3 is 1. The molecule has 5 nitrogen and oxygen atoms in total. The minimum absolute atomic E-state index is 0.00148. The molecule has 17 heavy (non-hydrogen) atoms. The Morgan fingerprint density at radius 2 is 2.12 bits per heavy atom. The fraction of sp³-hybridized carbons (Fsp3) is 0.417. The normalized spacial score (nSPS) is 13.2. The Labute approximate surface area is 101 Å². The summed E-state index contributed by atoms with van der Waals surface area (Å²) < 4.78 is 5.05. The van der Waals surface area contributed by atoms with Crippen LogP contribution in [0.1, 0.15) is 13.3 Å². The lowest BCUT2D eigenvalue weighted by Gasteiger charge is -2.10. The van der Waals surface area contributed by atoms with E-state index in [0.29, 0.717) is 5.96 Å². The van der Waals surface area contributed by atoms with E-state index in [2.05, 4.69) is 10.3 Å². The Morgan fingerprint density at radius 3 is 2.59 bits per heavy atom. The molecule has 0 fully saturated rings. The van der Waals surface area contributed by atoms with Crippen molar-refractivity contribution in [1.82, 2.24) is 0 Å². The molecule has 0 aromatic heterocycles. The van der Waals surface area contributed by atoms with E-state index in [1.54, 1.807) is 7.11 Å². The fourth-order valence-corrected chi connectivity index (χ4v) is 1.31. The Bertz CT molecular complexity index is 359. The number of ether oxygens (including phenoxy) is 1. The standard InChI is InChI=1S/C12H19N3O2/c1-3-9(8-16)14-12(13)15-10-4-6-11(17-2)7-5-10/h4-7,9,16H,3,8H2,1-2H3,(H3,13,14,15)/t9-/m1/s1. The van der Waals surface area contributed by atoms with Crippen LogP contribution in [-0.2, 0) is 0 Å². The van der Waals surface area contributed by atoms with Gasteiger partial charge in [0.1, 0.15) is 5.75 Å². The first-order valence-corrected chi connectivity index (χ1v) is 5.54. The average Bonchev–Trinajstić information content (AvgIpc) is 2.37. The van der Waals surface area contributed by atoms with Gasteiger partial charge in [-0.2, -0.15) is 0 Å². The summed E-state index contributed by atoms with van der Waals surface area (Å²) in [6, 6.07) is 7.21. The van der Waals surface area contributed by atoms with Gasteiger partial charge in [0.05, 0.1) is 19.8 Å². The zero-order valence-corrected chi connectivity index (χ0v) is 10.2. The molecule has 5 heteroatoms. The first-order valence-electron chi connectivity index (χ1n) is 5.54. The largest absolute Gasteiger partial charge is 0.497 e. The summed E-state index contributed by atoms with van der Waals surface area (Å²) >= 11 is 0. The highest BCUT2D eigenvalue weighted by Gasteiger charge is 2.03. The third kappa shape index (κ3) is 4.32. The molecule has 1 aromatic carbocycles. The number of benzene rings is 1. The molecule has 1 aromatic rings. The van der Waals surface area contributed by atoms with Gasteiger partial charge in [-0.3, -0.25) is 0 Å². The van der Waals surface area contributed by atoms with Crippen molar-refractivity contribution in [2.75, 3.05) is 19.0 Å². The van der Waals surface area contributed by atoms with Gasteiger partial charge in [-0.05, 0) is 30.7 Å². The zero-order chi connectivity index (χ0) is 12.7. The van der Waals surface area contributed by atoms with E-state index in [-0.39, 0.29) is 12.6 Å². The number of rotatable bonds is 5. The quantitative estimate of drug-likeness (QED) is 0.531. The molecule has 94 valence electrons. The van der Waals surface area contributed by atoms with Crippen LogP contribution in [-0.4, -0.2) is 30.8 Å². The molecule has 0 aliphatic rings. The van der Waals surface area contributed by atoms with Crippen LogP contribution in [0.15, 0.2) is 29.3 Å². The first-order chi connectivity index (χ1) is 8.19.